The van der Waals surface area contributed by atoms with Gasteiger partial charge in [-0.3, -0.25) is 0 Å². The highest BCUT2D eigenvalue weighted by Gasteiger charge is 2.42. The summed E-state index contributed by atoms with van der Waals surface area (Å²) in [6.07, 6.45) is 4.85. The van der Waals surface area contributed by atoms with E-state index in [0.717, 1.165) is 43.7 Å². The normalized spacial score (nSPS) is 25.7. The number of halogens is 1. The summed E-state index contributed by atoms with van der Waals surface area (Å²) in [4.78, 5) is 2.22. The van der Waals surface area contributed by atoms with Crippen molar-refractivity contribution in [3.63, 3.8) is 0 Å². The Morgan fingerprint density at radius 2 is 1.85 bits per heavy atom. The van der Waals surface area contributed by atoms with Crippen molar-refractivity contribution in [3.05, 3.63) is 70.2 Å². The van der Waals surface area contributed by atoms with Crippen LogP contribution in [0, 0.1) is 18.8 Å². The molecule has 0 heterocycles. The average Bonchev–Trinajstić information content (AvgIpc) is 2.60. The van der Waals surface area contributed by atoms with Crippen LogP contribution >= 0.6 is 11.6 Å². The summed E-state index contributed by atoms with van der Waals surface area (Å²) in [6.45, 7) is 3.05. The molecule has 2 aromatic carbocycles. The van der Waals surface area contributed by atoms with Crippen LogP contribution in [0.2, 0.25) is 5.02 Å². The zero-order chi connectivity index (χ0) is 19.4. The second kappa shape index (κ2) is 8.77. The Morgan fingerprint density at radius 3 is 2.52 bits per heavy atom. The largest absolute Gasteiger partial charge is 0.389 e. The molecule has 27 heavy (non-hydrogen) atoms. The minimum atomic E-state index is -0.617. The van der Waals surface area contributed by atoms with Gasteiger partial charge in [-0.1, -0.05) is 53.6 Å². The Hall–Kier alpha value is -1.35. The molecule has 2 nitrogen and oxygen atoms in total. The molecule has 0 radical (unpaired) electrons. The monoisotopic (exact) mass is 385 g/mol. The van der Waals surface area contributed by atoms with Crippen molar-refractivity contribution in [1.82, 2.24) is 4.90 Å². The Balaban J connectivity index is 1.72. The van der Waals surface area contributed by atoms with Gasteiger partial charge in [0.1, 0.15) is 0 Å². The van der Waals surface area contributed by atoms with Crippen molar-refractivity contribution in [2.24, 2.45) is 11.8 Å². The second-order valence-electron chi connectivity index (χ2n) is 8.70. The van der Waals surface area contributed by atoms with Gasteiger partial charge in [0, 0.05) is 23.9 Å². The van der Waals surface area contributed by atoms with E-state index in [1.54, 1.807) is 0 Å². The molecular formula is C24H32ClNO. The SMILES string of the molecule is Cc1cccc(CC2(O)CCC(Cc3ccc(Cl)cc3)CC2CN(C)C)c1. The molecule has 3 unspecified atom stereocenters. The van der Waals surface area contributed by atoms with Crippen LogP contribution in [0.5, 0.6) is 0 Å². The van der Waals surface area contributed by atoms with Gasteiger partial charge in [-0.05, 0) is 75.9 Å². The number of benzene rings is 2. The van der Waals surface area contributed by atoms with Crippen LogP contribution in [0.3, 0.4) is 0 Å². The number of aryl methyl sites for hydroxylation is 1. The quantitative estimate of drug-likeness (QED) is 0.743. The smallest absolute Gasteiger partial charge is 0.0728 e. The average molecular weight is 386 g/mol. The topological polar surface area (TPSA) is 23.5 Å². The molecule has 1 N–H and O–H groups in total. The lowest BCUT2D eigenvalue weighted by Gasteiger charge is -2.44. The molecule has 3 rings (SSSR count). The highest BCUT2D eigenvalue weighted by atomic mass is 35.5. The van der Waals surface area contributed by atoms with Crippen molar-refractivity contribution in [2.45, 2.75) is 44.6 Å². The highest BCUT2D eigenvalue weighted by Crippen LogP contribution is 2.41. The Labute approximate surface area is 169 Å². The van der Waals surface area contributed by atoms with E-state index < -0.39 is 5.60 Å². The maximum atomic E-state index is 11.6. The van der Waals surface area contributed by atoms with Gasteiger partial charge in [0.2, 0.25) is 0 Å². The molecule has 3 heteroatoms. The van der Waals surface area contributed by atoms with Crippen LogP contribution in [-0.4, -0.2) is 36.2 Å². The molecular weight excluding hydrogens is 354 g/mol. The zero-order valence-corrected chi connectivity index (χ0v) is 17.5. The summed E-state index contributed by atoms with van der Waals surface area (Å²) in [5.41, 5.74) is 3.24. The van der Waals surface area contributed by atoms with E-state index in [1.807, 2.05) is 12.1 Å². The number of hydrogen-bond donors (Lipinski definition) is 1. The van der Waals surface area contributed by atoms with Gasteiger partial charge in [0.15, 0.2) is 0 Å². The second-order valence-corrected chi connectivity index (χ2v) is 9.14. The summed E-state index contributed by atoms with van der Waals surface area (Å²) < 4.78 is 0. The molecule has 0 aromatic heterocycles. The first-order chi connectivity index (χ1) is 12.8. The van der Waals surface area contributed by atoms with Gasteiger partial charge in [-0.25, -0.2) is 0 Å². The molecule has 1 saturated carbocycles. The predicted octanol–water partition coefficient (Wildman–Crippen LogP) is 5.14. The van der Waals surface area contributed by atoms with Crippen molar-refractivity contribution in [3.8, 4) is 0 Å². The molecule has 0 amide bonds. The van der Waals surface area contributed by atoms with E-state index in [2.05, 4.69) is 62.3 Å². The van der Waals surface area contributed by atoms with Crippen LogP contribution in [0.4, 0.5) is 0 Å². The van der Waals surface area contributed by atoms with Crippen molar-refractivity contribution in [2.75, 3.05) is 20.6 Å². The first-order valence-corrected chi connectivity index (χ1v) is 10.4. The Morgan fingerprint density at radius 1 is 1.11 bits per heavy atom. The molecule has 3 atom stereocenters. The van der Waals surface area contributed by atoms with Gasteiger partial charge < -0.3 is 10.0 Å². The number of nitrogens with zero attached hydrogens (tertiary/aromatic N) is 1. The van der Waals surface area contributed by atoms with E-state index in [9.17, 15) is 5.11 Å². The van der Waals surface area contributed by atoms with Crippen LogP contribution in [0.15, 0.2) is 48.5 Å². The summed E-state index contributed by atoms with van der Waals surface area (Å²) in [7, 11) is 4.21. The summed E-state index contributed by atoms with van der Waals surface area (Å²) in [5.74, 6) is 0.910. The lowest BCUT2D eigenvalue weighted by Crippen LogP contribution is -2.49. The highest BCUT2D eigenvalue weighted by molar-refractivity contribution is 6.30. The predicted molar refractivity (Wildman–Crippen MR) is 114 cm³/mol. The lowest BCUT2D eigenvalue weighted by atomic mass is 9.67. The fourth-order valence-electron chi connectivity index (χ4n) is 4.63. The Kier molecular flexibility index (Phi) is 6.62. The van der Waals surface area contributed by atoms with Gasteiger partial charge in [-0.2, -0.15) is 0 Å². The van der Waals surface area contributed by atoms with Crippen LogP contribution in [0.25, 0.3) is 0 Å². The first kappa shape index (κ1) is 20.4. The summed E-state index contributed by atoms with van der Waals surface area (Å²) in [6, 6.07) is 16.8. The third-order valence-corrected chi connectivity index (χ3v) is 6.23. The van der Waals surface area contributed by atoms with E-state index in [1.165, 1.54) is 16.7 Å². The van der Waals surface area contributed by atoms with Crippen molar-refractivity contribution >= 4 is 11.6 Å². The molecule has 0 bridgehead atoms. The number of hydrogen-bond acceptors (Lipinski definition) is 2. The summed E-state index contributed by atoms with van der Waals surface area (Å²) >= 11 is 6.02. The van der Waals surface area contributed by atoms with E-state index in [4.69, 9.17) is 11.6 Å². The van der Waals surface area contributed by atoms with Crippen LogP contribution < -0.4 is 0 Å². The molecule has 1 aliphatic carbocycles. The number of rotatable bonds is 6. The van der Waals surface area contributed by atoms with E-state index in [-0.39, 0.29) is 0 Å². The maximum absolute atomic E-state index is 11.6. The molecule has 146 valence electrons. The first-order valence-electron chi connectivity index (χ1n) is 10.0. The van der Waals surface area contributed by atoms with Crippen molar-refractivity contribution < 1.29 is 5.11 Å². The lowest BCUT2D eigenvalue weighted by molar-refractivity contribution is -0.0685. The summed E-state index contributed by atoms with van der Waals surface area (Å²) in [5, 5.41) is 12.4. The molecule has 2 aromatic rings. The maximum Gasteiger partial charge on any atom is 0.0728 e. The van der Waals surface area contributed by atoms with Gasteiger partial charge in [-0.15, -0.1) is 0 Å². The minimum Gasteiger partial charge on any atom is -0.389 e. The molecule has 0 saturated heterocycles. The minimum absolute atomic E-state index is 0.291. The molecule has 0 spiro atoms. The van der Waals surface area contributed by atoms with Crippen molar-refractivity contribution in [1.29, 1.82) is 0 Å². The van der Waals surface area contributed by atoms with Gasteiger partial charge in [0.25, 0.3) is 0 Å². The van der Waals surface area contributed by atoms with Crippen LogP contribution in [-0.2, 0) is 12.8 Å². The molecule has 1 fully saturated rings. The van der Waals surface area contributed by atoms with Gasteiger partial charge in [0.05, 0.1) is 5.60 Å². The van der Waals surface area contributed by atoms with E-state index >= 15 is 0 Å². The fourth-order valence-corrected chi connectivity index (χ4v) is 4.76. The Bertz CT molecular complexity index is 742. The zero-order valence-electron chi connectivity index (χ0n) is 16.8. The molecule has 1 aliphatic rings. The third-order valence-electron chi connectivity index (χ3n) is 5.98. The number of aliphatic hydroxyl groups is 1. The standard InChI is InChI=1S/C24H32ClNO/c1-18-5-4-6-21(13-18)16-24(27)12-11-20(15-22(24)17-26(2)3)14-19-7-9-23(25)10-8-19/h4-10,13,20,22,27H,11-12,14-17H2,1-3H3. The fraction of sp³-hybridized carbons (Fsp3) is 0.500. The molecule has 0 aliphatic heterocycles. The van der Waals surface area contributed by atoms with Gasteiger partial charge >= 0.3 is 0 Å². The van der Waals surface area contributed by atoms with Crippen LogP contribution in [0.1, 0.15) is 36.0 Å². The third kappa shape index (κ3) is 5.57. The van der Waals surface area contributed by atoms with E-state index in [0.29, 0.717) is 11.8 Å².